The SMILES string of the molecule is CC(C=O)c1ccc([N+](=O)[O-])c(N)c1. The molecule has 1 aromatic carbocycles. The molecule has 0 bridgehead atoms. The number of aldehydes is 1. The maximum absolute atomic E-state index is 10.5. The van der Waals surface area contributed by atoms with Gasteiger partial charge in [0.2, 0.25) is 0 Å². The summed E-state index contributed by atoms with van der Waals surface area (Å²) in [6, 6.07) is 4.30. The van der Waals surface area contributed by atoms with E-state index in [2.05, 4.69) is 0 Å². The zero-order chi connectivity index (χ0) is 10.7. The Morgan fingerprint density at radius 1 is 1.57 bits per heavy atom. The van der Waals surface area contributed by atoms with Gasteiger partial charge in [-0.3, -0.25) is 10.1 Å². The first kappa shape index (κ1) is 10.2. The maximum Gasteiger partial charge on any atom is 0.292 e. The van der Waals surface area contributed by atoms with Gasteiger partial charge in [-0.25, -0.2) is 0 Å². The molecule has 0 heterocycles. The van der Waals surface area contributed by atoms with E-state index in [4.69, 9.17) is 5.73 Å². The maximum atomic E-state index is 10.5. The fourth-order valence-electron chi connectivity index (χ4n) is 1.10. The standard InChI is InChI=1S/C9H10N2O3/c1-6(5-12)7-2-3-9(11(13)14)8(10)4-7/h2-6H,10H2,1H3. The second kappa shape index (κ2) is 3.87. The van der Waals surface area contributed by atoms with Crippen LogP contribution in [-0.2, 0) is 4.79 Å². The summed E-state index contributed by atoms with van der Waals surface area (Å²) in [7, 11) is 0. The molecule has 14 heavy (non-hydrogen) atoms. The number of benzene rings is 1. The summed E-state index contributed by atoms with van der Waals surface area (Å²) in [5.41, 5.74) is 6.09. The van der Waals surface area contributed by atoms with Crippen LogP contribution in [0, 0.1) is 10.1 Å². The number of rotatable bonds is 3. The van der Waals surface area contributed by atoms with Crippen molar-refractivity contribution >= 4 is 17.7 Å². The summed E-state index contributed by atoms with van der Waals surface area (Å²) >= 11 is 0. The van der Waals surface area contributed by atoms with Crippen molar-refractivity contribution < 1.29 is 9.72 Å². The summed E-state index contributed by atoms with van der Waals surface area (Å²) in [6.45, 7) is 1.70. The van der Waals surface area contributed by atoms with Gasteiger partial charge in [-0.2, -0.15) is 0 Å². The highest BCUT2D eigenvalue weighted by Gasteiger charge is 2.13. The predicted octanol–water partition coefficient (Wildman–Crippen LogP) is 1.48. The van der Waals surface area contributed by atoms with E-state index in [1.807, 2.05) is 0 Å². The lowest BCUT2D eigenvalue weighted by atomic mass is 10.0. The third kappa shape index (κ3) is 1.87. The van der Waals surface area contributed by atoms with Crippen molar-refractivity contribution in [1.82, 2.24) is 0 Å². The van der Waals surface area contributed by atoms with E-state index >= 15 is 0 Å². The molecule has 1 unspecified atom stereocenters. The Morgan fingerprint density at radius 2 is 2.21 bits per heavy atom. The Morgan fingerprint density at radius 3 is 2.64 bits per heavy atom. The molecule has 0 aliphatic carbocycles. The number of hydrogen-bond acceptors (Lipinski definition) is 4. The number of nitro benzene ring substituents is 1. The van der Waals surface area contributed by atoms with Crippen molar-refractivity contribution in [2.24, 2.45) is 0 Å². The largest absolute Gasteiger partial charge is 0.393 e. The fourth-order valence-corrected chi connectivity index (χ4v) is 1.10. The average molecular weight is 194 g/mol. The molecular weight excluding hydrogens is 184 g/mol. The molecule has 0 spiro atoms. The van der Waals surface area contributed by atoms with Gasteiger partial charge in [0, 0.05) is 12.0 Å². The smallest absolute Gasteiger partial charge is 0.292 e. The number of nitrogens with zero attached hydrogens (tertiary/aromatic N) is 1. The highest BCUT2D eigenvalue weighted by molar-refractivity contribution is 5.66. The number of hydrogen-bond donors (Lipinski definition) is 1. The number of nitro groups is 1. The molecule has 5 nitrogen and oxygen atoms in total. The molecule has 0 amide bonds. The minimum atomic E-state index is -0.551. The van der Waals surface area contributed by atoms with E-state index in [-0.39, 0.29) is 17.3 Å². The van der Waals surface area contributed by atoms with Crippen LogP contribution in [0.4, 0.5) is 11.4 Å². The third-order valence-electron chi connectivity index (χ3n) is 1.98. The quantitative estimate of drug-likeness (QED) is 0.341. The lowest BCUT2D eigenvalue weighted by Gasteiger charge is -2.04. The van der Waals surface area contributed by atoms with Gasteiger partial charge in [0.15, 0.2) is 0 Å². The second-order valence-electron chi connectivity index (χ2n) is 3.00. The first-order chi connectivity index (χ1) is 6.56. The molecule has 1 atom stereocenters. The van der Waals surface area contributed by atoms with Crippen LogP contribution in [0.3, 0.4) is 0 Å². The van der Waals surface area contributed by atoms with Crippen molar-refractivity contribution in [1.29, 1.82) is 0 Å². The number of nitrogens with two attached hydrogens (primary N) is 1. The molecule has 0 aliphatic heterocycles. The van der Waals surface area contributed by atoms with E-state index in [1.165, 1.54) is 18.2 Å². The van der Waals surface area contributed by atoms with Gasteiger partial charge < -0.3 is 10.5 Å². The molecule has 0 fully saturated rings. The Balaban J connectivity index is 3.12. The van der Waals surface area contributed by atoms with Crippen LogP contribution < -0.4 is 5.73 Å². The molecule has 0 saturated heterocycles. The van der Waals surface area contributed by atoms with Crippen molar-refractivity contribution in [3.63, 3.8) is 0 Å². The van der Waals surface area contributed by atoms with Crippen LogP contribution in [0.15, 0.2) is 18.2 Å². The molecule has 74 valence electrons. The van der Waals surface area contributed by atoms with E-state index in [1.54, 1.807) is 6.92 Å². The van der Waals surface area contributed by atoms with Crippen molar-refractivity contribution in [2.45, 2.75) is 12.8 Å². The normalized spacial score (nSPS) is 12.1. The number of anilines is 1. The van der Waals surface area contributed by atoms with Crippen LogP contribution in [0.5, 0.6) is 0 Å². The van der Waals surface area contributed by atoms with Crippen LogP contribution >= 0.6 is 0 Å². The van der Waals surface area contributed by atoms with Gasteiger partial charge in [-0.15, -0.1) is 0 Å². The first-order valence-corrected chi connectivity index (χ1v) is 4.05. The molecule has 1 aromatic rings. The van der Waals surface area contributed by atoms with Gasteiger partial charge in [0.25, 0.3) is 5.69 Å². The van der Waals surface area contributed by atoms with Crippen molar-refractivity contribution in [3.05, 3.63) is 33.9 Å². The molecule has 1 rings (SSSR count). The van der Waals surface area contributed by atoms with E-state index in [9.17, 15) is 14.9 Å². The summed E-state index contributed by atoms with van der Waals surface area (Å²) in [4.78, 5) is 20.3. The van der Waals surface area contributed by atoms with E-state index < -0.39 is 4.92 Å². The minimum absolute atomic E-state index is 0.0844. The molecule has 0 aliphatic rings. The van der Waals surface area contributed by atoms with E-state index in [0.29, 0.717) is 5.56 Å². The molecule has 2 N–H and O–H groups in total. The topological polar surface area (TPSA) is 86.2 Å². The summed E-state index contributed by atoms with van der Waals surface area (Å²) in [6.07, 6.45) is 0.764. The molecule has 0 saturated carbocycles. The third-order valence-corrected chi connectivity index (χ3v) is 1.98. The molecular formula is C9H10N2O3. The summed E-state index contributed by atoms with van der Waals surface area (Å²) < 4.78 is 0. The zero-order valence-electron chi connectivity index (χ0n) is 7.64. The lowest BCUT2D eigenvalue weighted by Crippen LogP contribution is -1.99. The number of nitrogen functional groups attached to an aromatic ring is 1. The lowest BCUT2D eigenvalue weighted by molar-refractivity contribution is -0.383. The second-order valence-corrected chi connectivity index (χ2v) is 3.00. The van der Waals surface area contributed by atoms with Gasteiger partial charge in [-0.05, 0) is 11.6 Å². The Hall–Kier alpha value is -1.91. The van der Waals surface area contributed by atoms with Gasteiger partial charge in [-0.1, -0.05) is 13.0 Å². The zero-order valence-corrected chi connectivity index (χ0v) is 7.64. The van der Waals surface area contributed by atoms with E-state index in [0.717, 1.165) is 6.29 Å². The molecule has 0 aromatic heterocycles. The minimum Gasteiger partial charge on any atom is -0.393 e. The summed E-state index contributed by atoms with van der Waals surface area (Å²) in [5.74, 6) is -0.293. The van der Waals surface area contributed by atoms with Crippen molar-refractivity contribution in [2.75, 3.05) is 5.73 Å². The molecule has 5 heteroatoms. The monoisotopic (exact) mass is 194 g/mol. The average Bonchev–Trinajstić information content (AvgIpc) is 2.15. The van der Waals surface area contributed by atoms with Crippen molar-refractivity contribution in [3.8, 4) is 0 Å². The Labute approximate surface area is 80.7 Å². The summed E-state index contributed by atoms with van der Waals surface area (Å²) in [5, 5.41) is 10.4. The van der Waals surface area contributed by atoms with Crippen LogP contribution in [0.1, 0.15) is 18.4 Å². The fraction of sp³-hybridized carbons (Fsp3) is 0.222. The number of carbonyl (C=O) groups is 1. The van der Waals surface area contributed by atoms with Gasteiger partial charge >= 0.3 is 0 Å². The molecule has 0 radical (unpaired) electrons. The van der Waals surface area contributed by atoms with Gasteiger partial charge in [0.1, 0.15) is 12.0 Å². The van der Waals surface area contributed by atoms with Gasteiger partial charge in [0.05, 0.1) is 4.92 Å². The highest BCUT2D eigenvalue weighted by atomic mass is 16.6. The van der Waals surface area contributed by atoms with Crippen LogP contribution in [-0.4, -0.2) is 11.2 Å². The number of carbonyl (C=O) groups excluding carboxylic acids is 1. The first-order valence-electron chi connectivity index (χ1n) is 4.05. The highest BCUT2D eigenvalue weighted by Crippen LogP contribution is 2.25. The predicted molar refractivity (Wildman–Crippen MR) is 52.0 cm³/mol. The van der Waals surface area contributed by atoms with Crippen LogP contribution in [0.2, 0.25) is 0 Å². The van der Waals surface area contributed by atoms with Crippen LogP contribution in [0.25, 0.3) is 0 Å². The Bertz CT molecular complexity index is 376. The Kier molecular flexibility index (Phi) is 2.81.